The SMILES string of the molecule is c1ccc(-c2ccc(N(c3cccc(-c4cccc5ccccc45)c3)c3ccccc3-c3ccccc3-n3c4ccccc4c4ccccc43)cc2)cc1. The van der Waals surface area contributed by atoms with Crippen molar-refractivity contribution in [1.29, 1.82) is 0 Å². The van der Waals surface area contributed by atoms with Crippen LogP contribution in [0.15, 0.2) is 218 Å². The summed E-state index contributed by atoms with van der Waals surface area (Å²) < 4.78 is 2.43. The van der Waals surface area contributed by atoms with Crippen molar-refractivity contribution in [2.45, 2.75) is 0 Å². The summed E-state index contributed by atoms with van der Waals surface area (Å²) in [5.41, 5.74) is 13.9. The van der Waals surface area contributed by atoms with Gasteiger partial charge in [0.15, 0.2) is 0 Å². The molecule has 0 N–H and O–H groups in total. The van der Waals surface area contributed by atoms with Gasteiger partial charge in [0.05, 0.1) is 22.4 Å². The van der Waals surface area contributed by atoms with Crippen LogP contribution in [0.25, 0.3) is 71.6 Å². The first-order valence-electron chi connectivity index (χ1n) is 18.5. The molecule has 2 heteroatoms. The summed E-state index contributed by atoms with van der Waals surface area (Å²) in [6, 6.07) is 78.9. The minimum Gasteiger partial charge on any atom is -0.310 e. The van der Waals surface area contributed by atoms with E-state index in [0.717, 1.165) is 33.9 Å². The Morgan fingerprint density at radius 3 is 1.63 bits per heavy atom. The van der Waals surface area contributed by atoms with Crippen LogP contribution in [0, 0.1) is 0 Å². The van der Waals surface area contributed by atoms with Crippen LogP contribution in [0.4, 0.5) is 17.1 Å². The number of aromatic nitrogens is 1. The van der Waals surface area contributed by atoms with E-state index >= 15 is 0 Å². The molecule has 1 heterocycles. The minimum atomic E-state index is 1.09. The van der Waals surface area contributed by atoms with Gasteiger partial charge in [0, 0.05) is 33.3 Å². The topological polar surface area (TPSA) is 8.17 Å². The Hall–Kier alpha value is -7.16. The first kappa shape index (κ1) is 31.6. The van der Waals surface area contributed by atoms with Crippen LogP contribution >= 0.6 is 0 Å². The van der Waals surface area contributed by atoms with E-state index in [1.807, 2.05) is 0 Å². The summed E-state index contributed by atoms with van der Waals surface area (Å²) in [6.07, 6.45) is 0. The summed E-state index contributed by atoms with van der Waals surface area (Å²) in [5.74, 6) is 0. The quantitative estimate of drug-likeness (QED) is 0.162. The summed E-state index contributed by atoms with van der Waals surface area (Å²) in [4.78, 5) is 2.42. The van der Waals surface area contributed by atoms with Gasteiger partial charge < -0.3 is 9.47 Å². The second kappa shape index (κ2) is 13.4. The monoisotopic (exact) mass is 688 g/mol. The summed E-state index contributed by atoms with van der Waals surface area (Å²) in [6.45, 7) is 0. The number of rotatable bonds is 7. The molecule has 0 saturated heterocycles. The zero-order valence-corrected chi connectivity index (χ0v) is 29.7. The number of nitrogens with zero attached hydrogens (tertiary/aromatic N) is 2. The van der Waals surface area contributed by atoms with E-state index in [0.29, 0.717) is 0 Å². The van der Waals surface area contributed by atoms with Gasteiger partial charge in [-0.2, -0.15) is 0 Å². The first-order chi connectivity index (χ1) is 26.8. The van der Waals surface area contributed by atoms with Crippen molar-refractivity contribution in [2.24, 2.45) is 0 Å². The van der Waals surface area contributed by atoms with Gasteiger partial charge in [-0.25, -0.2) is 0 Å². The van der Waals surface area contributed by atoms with Crippen LogP contribution < -0.4 is 4.90 Å². The van der Waals surface area contributed by atoms with Gasteiger partial charge in [0.2, 0.25) is 0 Å². The second-order valence-corrected chi connectivity index (χ2v) is 13.7. The van der Waals surface area contributed by atoms with Gasteiger partial charge in [0.25, 0.3) is 0 Å². The molecule has 2 nitrogen and oxygen atoms in total. The van der Waals surface area contributed by atoms with Crippen LogP contribution in [0.5, 0.6) is 0 Å². The molecule has 0 saturated carbocycles. The Morgan fingerprint density at radius 2 is 0.852 bits per heavy atom. The molecule has 0 amide bonds. The molecular weight excluding hydrogens is 653 g/mol. The Morgan fingerprint density at radius 1 is 0.315 bits per heavy atom. The molecule has 54 heavy (non-hydrogen) atoms. The average Bonchev–Trinajstić information content (AvgIpc) is 3.59. The average molecular weight is 689 g/mol. The molecule has 10 rings (SSSR count). The molecule has 254 valence electrons. The molecule has 0 bridgehead atoms. The molecule has 0 fully saturated rings. The van der Waals surface area contributed by atoms with E-state index in [2.05, 4.69) is 228 Å². The zero-order valence-electron chi connectivity index (χ0n) is 29.7. The number of anilines is 3. The Bertz CT molecular complexity index is 2880. The van der Waals surface area contributed by atoms with Crippen molar-refractivity contribution in [2.75, 3.05) is 4.90 Å². The minimum absolute atomic E-state index is 1.09. The maximum absolute atomic E-state index is 2.43. The highest BCUT2D eigenvalue weighted by molar-refractivity contribution is 6.10. The lowest BCUT2D eigenvalue weighted by Gasteiger charge is -2.29. The van der Waals surface area contributed by atoms with Crippen molar-refractivity contribution in [3.63, 3.8) is 0 Å². The first-order valence-corrected chi connectivity index (χ1v) is 18.5. The fourth-order valence-electron chi connectivity index (χ4n) is 8.13. The smallest absolute Gasteiger partial charge is 0.0541 e. The molecule has 0 aliphatic rings. The number of hydrogen-bond donors (Lipinski definition) is 0. The predicted octanol–water partition coefficient (Wildman–Crippen LogP) is 14.4. The summed E-state index contributed by atoms with van der Waals surface area (Å²) in [7, 11) is 0. The highest BCUT2D eigenvalue weighted by Gasteiger charge is 2.21. The van der Waals surface area contributed by atoms with Crippen LogP contribution in [0.2, 0.25) is 0 Å². The molecule has 0 atom stereocenters. The third-order valence-corrected chi connectivity index (χ3v) is 10.6. The largest absolute Gasteiger partial charge is 0.310 e. The Labute approximate surface area is 315 Å². The van der Waals surface area contributed by atoms with Gasteiger partial charge in [-0.1, -0.05) is 170 Å². The lowest BCUT2D eigenvalue weighted by atomic mass is 9.96. The normalized spacial score (nSPS) is 11.3. The Balaban J connectivity index is 1.19. The molecule has 0 aliphatic carbocycles. The van der Waals surface area contributed by atoms with E-state index in [-0.39, 0.29) is 0 Å². The van der Waals surface area contributed by atoms with Crippen molar-refractivity contribution >= 4 is 49.6 Å². The molecule has 0 aliphatic heterocycles. The molecule has 1 aromatic heterocycles. The number of benzene rings is 9. The Kier molecular flexibility index (Phi) is 7.85. The van der Waals surface area contributed by atoms with Gasteiger partial charge in [-0.05, 0) is 81.6 Å². The van der Waals surface area contributed by atoms with Gasteiger partial charge in [-0.3, -0.25) is 0 Å². The molecular formula is C52H36N2. The number of fused-ring (bicyclic) bond motifs is 4. The van der Waals surface area contributed by atoms with Gasteiger partial charge in [-0.15, -0.1) is 0 Å². The van der Waals surface area contributed by atoms with Crippen molar-refractivity contribution < 1.29 is 0 Å². The molecule has 0 spiro atoms. The maximum atomic E-state index is 2.43. The molecule has 10 aromatic rings. The van der Waals surface area contributed by atoms with Crippen molar-refractivity contribution in [1.82, 2.24) is 4.57 Å². The summed E-state index contributed by atoms with van der Waals surface area (Å²) in [5, 5.41) is 4.99. The fourth-order valence-corrected chi connectivity index (χ4v) is 8.13. The number of para-hydroxylation sites is 4. The van der Waals surface area contributed by atoms with Crippen LogP contribution in [-0.4, -0.2) is 4.57 Å². The number of hydrogen-bond acceptors (Lipinski definition) is 1. The molecule has 0 unspecified atom stereocenters. The molecule has 9 aromatic carbocycles. The van der Waals surface area contributed by atoms with Crippen LogP contribution in [-0.2, 0) is 0 Å². The van der Waals surface area contributed by atoms with Crippen molar-refractivity contribution in [3.8, 4) is 39.1 Å². The van der Waals surface area contributed by atoms with Crippen LogP contribution in [0.3, 0.4) is 0 Å². The summed E-state index contributed by atoms with van der Waals surface area (Å²) >= 11 is 0. The van der Waals surface area contributed by atoms with E-state index in [1.54, 1.807) is 0 Å². The lowest BCUT2D eigenvalue weighted by Crippen LogP contribution is -2.12. The second-order valence-electron chi connectivity index (χ2n) is 13.7. The third kappa shape index (κ3) is 5.44. The fraction of sp³-hybridized carbons (Fsp3) is 0. The van der Waals surface area contributed by atoms with Gasteiger partial charge in [0.1, 0.15) is 0 Å². The zero-order chi connectivity index (χ0) is 35.8. The van der Waals surface area contributed by atoms with E-state index in [4.69, 9.17) is 0 Å². The van der Waals surface area contributed by atoms with E-state index in [1.165, 1.54) is 54.8 Å². The predicted molar refractivity (Wildman–Crippen MR) is 229 cm³/mol. The highest BCUT2D eigenvalue weighted by Crippen LogP contribution is 2.45. The lowest BCUT2D eigenvalue weighted by molar-refractivity contribution is 1.18. The van der Waals surface area contributed by atoms with Crippen molar-refractivity contribution in [3.05, 3.63) is 218 Å². The molecule has 0 radical (unpaired) electrons. The maximum Gasteiger partial charge on any atom is 0.0541 e. The highest BCUT2D eigenvalue weighted by atomic mass is 15.1. The van der Waals surface area contributed by atoms with Crippen LogP contribution in [0.1, 0.15) is 0 Å². The third-order valence-electron chi connectivity index (χ3n) is 10.6. The van der Waals surface area contributed by atoms with E-state index in [9.17, 15) is 0 Å². The standard InChI is InChI=1S/C52H36N2/c1-2-16-37(17-3-1)38-32-34-41(35-33-38)53(42-21-14-20-40(36-42)44-27-15-19-39-18-4-5-22-43(39)44)49-28-10-6-23-45(49)46-24-7-11-29-50(46)54-51-30-12-8-25-47(51)48-26-9-13-31-52(48)54/h1-36H. The van der Waals surface area contributed by atoms with E-state index < -0.39 is 0 Å². The van der Waals surface area contributed by atoms with Gasteiger partial charge >= 0.3 is 0 Å².